The van der Waals surface area contributed by atoms with Gasteiger partial charge in [-0.05, 0) is 77.5 Å². The Balaban J connectivity index is 0.000000250. The average Bonchev–Trinajstić information content (AvgIpc) is 3.95. The van der Waals surface area contributed by atoms with E-state index in [0.29, 0.717) is 90.3 Å². The number of aromatic hydroxyl groups is 1. The molecule has 2 atom stereocenters. The van der Waals surface area contributed by atoms with Crippen molar-refractivity contribution < 1.29 is 64.3 Å². The van der Waals surface area contributed by atoms with Crippen molar-refractivity contribution in [1.29, 1.82) is 0 Å². The van der Waals surface area contributed by atoms with Gasteiger partial charge in [0.15, 0.2) is 22.6 Å². The van der Waals surface area contributed by atoms with Crippen LogP contribution in [-0.4, -0.2) is 41.6 Å². The summed E-state index contributed by atoms with van der Waals surface area (Å²) in [7, 11) is 2.66. The number of carbonyl (C=O) groups is 2. The van der Waals surface area contributed by atoms with Gasteiger partial charge in [-0.2, -0.15) is 26.3 Å². The van der Waals surface area contributed by atoms with E-state index in [1.54, 1.807) is 0 Å². The number of benzene rings is 4. The number of rotatable bonds is 16. The van der Waals surface area contributed by atoms with Gasteiger partial charge in [0.1, 0.15) is 16.3 Å². The first kappa shape index (κ1) is 56.0. The molecular weight excluding hydrogens is 974 g/mol. The number of carbonyl (C=O) groups excluding carboxylic acids is 2. The van der Waals surface area contributed by atoms with Crippen LogP contribution in [0, 0.1) is 0 Å². The molecule has 69 heavy (non-hydrogen) atoms. The molecule has 6 aromatic rings. The van der Waals surface area contributed by atoms with Gasteiger partial charge in [-0.3, -0.25) is 4.79 Å². The molecule has 376 valence electrons. The molecule has 6 rings (SSSR count). The fourth-order valence-electron chi connectivity index (χ4n) is 7.63. The highest BCUT2D eigenvalue weighted by Gasteiger charge is 2.40. The second-order valence-corrected chi connectivity index (χ2v) is 18.0. The second kappa shape index (κ2) is 24.8. The summed E-state index contributed by atoms with van der Waals surface area (Å²) < 4.78 is 105. The summed E-state index contributed by atoms with van der Waals surface area (Å²) in [5.41, 5.74) is 3.84. The molecule has 2 unspecified atom stereocenters. The number of nitrogens with zero attached hydrogens (tertiary/aromatic N) is 2. The Morgan fingerprint density at radius 1 is 0.609 bits per heavy atom. The molecule has 2 aromatic heterocycles. The van der Waals surface area contributed by atoms with E-state index in [2.05, 4.69) is 58.7 Å². The highest BCUT2D eigenvalue weighted by atomic mass is 79.9. The van der Waals surface area contributed by atoms with Gasteiger partial charge in [0.05, 0.1) is 25.0 Å². The van der Waals surface area contributed by atoms with E-state index in [4.69, 9.17) is 18.5 Å². The highest BCUT2D eigenvalue weighted by Crippen LogP contribution is 2.43. The number of ether oxygens (including phenoxy) is 3. The molecule has 0 saturated heterocycles. The van der Waals surface area contributed by atoms with E-state index in [0.717, 1.165) is 17.5 Å². The molecule has 2 heterocycles. The number of aryl methyl sites for hydroxylation is 4. The predicted molar refractivity (Wildman–Crippen MR) is 256 cm³/mol. The molecular formula is C52H61BrF6N2O8. The van der Waals surface area contributed by atoms with Crippen LogP contribution in [0.3, 0.4) is 0 Å². The molecule has 0 spiro atoms. The van der Waals surface area contributed by atoms with Gasteiger partial charge in [0.25, 0.3) is 0 Å². The number of phenols is 1. The molecule has 0 aliphatic heterocycles. The van der Waals surface area contributed by atoms with Crippen molar-refractivity contribution in [3.8, 4) is 11.5 Å². The van der Waals surface area contributed by atoms with Crippen molar-refractivity contribution in [3.63, 3.8) is 0 Å². The third kappa shape index (κ3) is 13.8. The zero-order valence-corrected chi connectivity index (χ0v) is 42.2. The SMILES string of the molecule is CCCc1cc2c(C(F)(F)F)noc2c(CCC)c1O.CCCc1cc2c(C(F)(F)F)noc2c(CCC)c1OC(C(=O)OC)c1ccc(C(C)C)cc1.COC(=O)C(Br)c1ccc(C(C)C)cc1. The standard InChI is InChI=1S/C26H30F3NO4.C14H16F3NO2.C12H15BrO2/c1-6-8-18-14-20-23(34-30-24(20)26(27,28)29)19(9-7-2)21(18)33-22(25(31)32-5)17-12-10-16(11-13-17)15(3)4;1-3-5-8-7-10-12(9(6-4-2)11(8)19)20-18-13(10)14(15,16)17;1-8(2)9-4-6-10(7-5-9)11(13)12(14)15-3/h10-15,22H,6-9H2,1-5H3;7,19H,3-6H2,1-2H3;4-8,11H,1-3H3. The van der Waals surface area contributed by atoms with E-state index in [9.17, 15) is 41.0 Å². The monoisotopic (exact) mass is 1030 g/mol. The fourth-order valence-corrected chi connectivity index (χ4v) is 8.12. The summed E-state index contributed by atoms with van der Waals surface area (Å²) >= 11 is 3.30. The second-order valence-electron chi connectivity index (χ2n) is 17.1. The average molecular weight is 1040 g/mol. The van der Waals surface area contributed by atoms with Crippen LogP contribution in [0.1, 0.15) is 160 Å². The van der Waals surface area contributed by atoms with Crippen molar-refractivity contribution in [2.75, 3.05) is 14.2 Å². The van der Waals surface area contributed by atoms with Gasteiger partial charge in [-0.15, -0.1) is 0 Å². The Labute approximate surface area is 407 Å². The zero-order valence-electron chi connectivity index (χ0n) is 40.6. The molecule has 1 N–H and O–H groups in total. The molecule has 0 amide bonds. The summed E-state index contributed by atoms with van der Waals surface area (Å²) in [4.78, 5) is 23.6. The fraction of sp³-hybridized carbons (Fsp3) is 0.462. The first-order valence-electron chi connectivity index (χ1n) is 23.0. The van der Waals surface area contributed by atoms with Crippen molar-refractivity contribution in [2.45, 2.75) is 142 Å². The molecule has 10 nitrogen and oxygen atoms in total. The summed E-state index contributed by atoms with van der Waals surface area (Å²) in [6, 6.07) is 18.2. The number of phenolic OH excluding ortho intramolecular Hbond substituents is 1. The largest absolute Gasteiger partial charge is 0.507 e. The number of halogens is 7. The summed E-state index contributed by atoms with van der Waals surface area (Å²) in [5, 5.41) is 16.5. The summed E-state index contributed by atoms with van der Waals surface area (Å²) in [5.74, 6) is 0.333. The third-order valence-corrected chi connectivity index (χ3v) is 12.1. The van der Waals surface area contributed by atoms with E-state index >= 15 is 0 Å². The van der Waals surface area contributed by atoms with Crippen molar-refractivity contribution in [2.24, 2.45) is 0 Å². The van der Waals surface area contributed by atoms with Gasteiger partial charge in [0.2, 0.25) is 6.10 Å². The molecule has 4 aromatic carbocycles. The maximum absolute atomic E-state index is 13.5. The quantitative estimate of drug-likeness (QED) is 0.0567. The van der Waals surface area contributed by atoms with Crippen molar-refractivity contribution in [1.82, 2.24) is 10.3 Å². The van der Waals surface area contributed by atoms with Crippen LogP contribution in [0.25, 0.3) is 21.9 Å². The zero-order chi connectivity index (χ0) is 51.4. The van der Waals surface area contributed by atoms with E-state index < -0.39 is 35.8 Å². The number of hydrogen-bond acceptors (Lipinski definition) is 10. The lowest BCUT2D eigenvalue weighted by Crippen LogP contribution is -2.21. The van der Waals surface area contributed by atoms with Crippen molar-refractivity contribution >= 4 is 49.8 Å². The molecule has 0 fully saturated rings. The van der Waals surface area contributed by atoms with Gasteiger partial charge in [-0.1, -0.05) is 156 Å². The van der Waals surface area contributed by atoms with Crippen LogP contribution >= 0.6 is 15.9 Å². The number of methoxy groups -OCH3 is 2. The van der Waals surface area contributed by atoms with Gasteiger partial charge in [-0.25, -0.2) is 4.79 Å². The number of aromatic nitrogens is 2. The molecule has 0 aliphatic rings. The third-order valence-electron chi connectivity index (χ3n) is 11.2. The Bertz CT molecular complexity index is 2620. The minimum atomic E-state index is -4.65. The van der Waals surface area contributed by atoms with Gasteiger partial charge >= 0.3 is 24.3 Å². The predicted octanol–water partition coefficient (Wildman–Crippen LogP) is 15.0. The minimum Gasteiger partial charge on any atom is -0.507 e. The maximum atomic E-state index is 13.5. The Hall–Kier alpha value is -5.58. The lowest BCUT2D eigenvalue weighted by Gasteiger charge is -2.22. The first-order chi connectivity index (χ1) is 32.6. The van der Waals surface area contributed by atoms with Gasteiger partial charge < -0.3 is 28.4 Å². The maximum Gasteiger partial charge on any atom is 0.437 e. The minimum absolute atomic E-state index is 0.0304. The Kier molecular flexibility index (Phi) is 20.1. The molecule has 0 aliphatic carbocycles. The number of fused-ring (bicyclic) bond motifs is 2. The van der Waals surface area contributed by atoms with E-state index in [1.807, 2.05) is 76.2 Å². The van der Waals surface area contributed by atoms with Crippen LogP contribution in [0.5, 0.6) is 11.5 Å². The smallest absolute Gasteiger partial charge is 0.437 e. The Morgan fingerprint density at radius 3 is 1.42 bits per heavy atom. The van der Waals surface area contributed by atoms with Crippen LogP contribution in [0.15, 0.2) is 69.7 Å². The highest BCUT2D eigenvalue weighted by molar-refractivity contribution is 9.09. The first-order valence-corrected chi connectivity index (χ1v) is 23.9. The van der Waals surface area contributed by atoms with Gasteiger partial charge in [0, 0.05) is 16.7 Å². The normalized spacial score (nSPS) is 12.6. The lowest BCUT2D eigenvalue weighted by molar-refractivity contribution is -0.149. The van der Waals surface area contributed by atoms with Crippen LogP contribution in [-0.2, 0) is 57.1 Å². The summed E-state index contributed by atoms with van der Waals surface area (Å²) in [6.07, 6.45) is -5.73. The van der Waals surface area contributed by atoms with Crippen LogP contribution in [0.2, 0.25) is 0 Å². The van der Waals surface area contributed by atoms with Crippen molar-refractivity contribution in [3.05, 3.63) is 117 Å². The topological polar surface area (TPSA) is 134 Å². The van der Waals surface area contributed by atoms with Crippen LogP contribution < -0.4 is 4.74 Å². The Morgan fingerprint density at radius 2 is 1.00 bits per heavy atom. The summed E-state index contributed by atoms with van der Waals surface area (Å²) in [6.45, 7) is 16.0. The molecule has 17 heteroatoms. The molecule has 0 bridgehead atoms. The lowest BCUT2D eigenvalue weighted by atomic mass is 9.97. The molecule has 0 radical (unpaired) electrons. The number of hydrogen-bond donors (Lipinski definition) is 1. The number of alkyl halides is 7. The van der Waals surface area contributed by atoms with E-state index in [1.165, 1.54) is 31.9 Å². The van der Waals surface area contributed by atoms with E-state index in [-0.39, 0.29) is 38.5 Å². The number of esters is 2. The van der Waals surface area contributed by atoms with Crippen LogP contribution in [0.4, 0.5) is 26.3 Å². The molecule has 0 saturated carbocycles.